The Kier molecular flexibility index (Phi) is 6.93. The van der Waals surface area contributed by atoms with E-state index < -0.39 is 5.92 Å². The summed E-state index contributed by atoms with van der Waals surface area (Å²) in [6, 6.07) is 9.32. The van der Waals surface area contributed by atoms with Crippen LogP contribution in [0.1, 0.15) is 29.5 Å². The first kappa shape index (κ1) is 20.4. The predicted octanol–water partition coefficient (Wildman–Crippen LogP) is 3.76. The lowest BCUT2D eigenvalue weighted by Crippen LogP contribution is -2.20. The van der Waals surface area contributed by atoms with Gasteiger partial charge in [-0.25, -0.2) is 0 Å². The number of rotatable bonds is 8. The summed E-state index contributed by atoms with van der Waals surface area (Å²) in [7, 11) is 6.53. The second kappa shape index (κ2) is 9.16. The van der Waals surface area contributed by atoms with Gasteiger partial charge in [-0.2, -0.15) is 0 Å². The second-order valence-electron chi connectivity index (χ2n) is 5.95. The van der Waals surface area contributed by atoms with Crippen molar-refractivity contribution in [2.45, 2.75) is 19.8 Å². The molecule has 0 saturated carbocycles. The second-order valence-corrected chi connectivity index (χ2v) is 5.95. The molecule has 0 amide bonds. The molecule has 2 aromatic carbocycles. The first-order valence-corrected chi connectivity index (χ1v) is 8.75. The van der Waals surface area contributed by atoms with Gasteiger partial charge in [0.2, 0.25) is 0 Å². The van der Waals surface area contributed by atoms with Crippen molar-refractivity contribution in [3.05, 3.63) is 47.0 Å². The van der Waals surface area contributed by atoms with E-state index in [0.29, 0.717) is 22.8 Å². The van der Waals surface area contributed by atoms with Gasteiger partial charge in [0.1, 0.15) is 23.2 Å². The maximum Gasteiger partial charge on any atom is 0.318 e. The number of benzene rings is 2. The Balaban J connectivity index is 2.74. The molecule has 2 aromatic rings. The van der Waals surface area contributed by atoms with Crippen LogP contribution < -0.4 is 19.5 Å². The summed E-state index contributed by atoms with van der Waals surface area (Å²) in [5.41, 5.74) is 3.36. The Labute approximate surface area is 160 Å². The normalized spacial score (nSPS) is 11.5. The smallest absolute Gasteiger partial charge is 0.318 e. The zero-order valence-corrected chi connectivity index (χ0v) is 16.7. The van der Waals surface area contributed by atoms with Crippen LogP contribution in [0.3, 0.4) is 0 Å². The van der Waals surface area contributed by atoms with E-state index in [-0.39, 0.29) is 12.6 Å². The van der Waals surface area contributed by atoms with E-state index in [2.05, 4.69) is 5.32 Å². The largest absolute Gasteiger partial charge is 0.496 e. The number of hydrogen-bond acceptors (Lipinski definition) is 6. The summed E-state index contributed by atoms with van der Waals surface area (Å²) >= 11 is 0. The first-order chi connectivity index (χ1) is 13.0. The first-order valence-electron chi connectivity index (χ1n) is 8.75. The van der Waals surface area contributed by atoms with E-state index in [4.69, 9.17) is 18.9 Å². The highest BCUT2D eigenvalue weighted by atomic mass is 16.5. The average molecular weight is 373 g/mol. The van der Waals surface area contributed by atoms with Crippen LogP contribution in [-0.4, -0.2) is 41.0 Å². The molecule has 0 bridgehead atoms. The number of esters is 1. The molecular formula is C21H27NO5. The molecule has 1 atom stereocenters. The standard InChI is InChI=1S/C21H27NO5/c1-7-27-21(23)19(16-9-8-14(22-3)10-13(16)2)20-17(25-5)11-15(24-4)12-18(20)26-6/h8-12,19,22H,7H2,1-6H3. The lowest BCUT2D eigenvalue weighted by Gasteiger charge is -2.23. The van der Waals surface area contributed by atoms with Crippen LogP contribution in [0, 0.1) is 6.92 Å². The predicted molar refractivity (Wildman–Crippen MR) is 105 cm³/mol. The summed E-state index contributed by atoms with van der Waals surface area (Å²) in [5.74, 6) is 0.534. The summed E-state index contributed by atoms with van der Waals surface area (Å²) in [6.07, 6.45) is 0. The lowest BCUT2D eigenvalue weighted by atomic mass is 9.86. The van der Waals surface area contributed by atoms with Crippen molar-refractivity contribution in [3.8, 4) is 17.2 Å². The zero-order chi connectivity index (χ0) is 20.0. The molecule has 6 nitrogen and oxygen atoms in total. The molecule has 1 unspecified atom stereocenters. The highest BCUT2D eigenvalue weighted by molar-refractivity contribution is 5.85. The van der Waals surface area contributed by atoms with Crippen LogP contribution in [-0.2, 0) is 9.53 Å². The van der Waals surface area contributed by atoms with E-state index in [9.17, 15) is 4.79 Å². The van der Waals surface area contributed by atoms with Crippen LogP contribution in [0.15, 0.2) is 30.3 Å². The van der Waals surface area contributed by atoms with Crippen LogP contribution in [0.5, 0.6) is 17.2 Å². The molecule has 146 valence electrons. The third kappa shape index (κ3) is 4.27. The summed E-state index contributed by atoms with van der Waals surface area (Å²) < 4.78 is 21.8. The SMILES string of the molecule is CCOC(=O)C(c1ccc(NC)cc1C)c1c(OC)cc(OC)cc1OC. The number of carbonyl (C=O) groups excluding carboxylic acids is 1. The van der Waals surface area contributed by atoms with Gasteiger partial charge >= 0.3 is 5.97 Å². The Hall–Kier alpha value is -2.89. The van der Waals surface area contributed by atoms with Gasteiger partial charge in [0.15, 0.2) is 0 Å². The number of hydrogen-bond donors (Lipinski definition) is 1. The summed E-state index contributed by atoms with van der Waals surface area (Å²) in [4.78, 5) is 13.0. The fourth-order valence-electron chi connectivity index (χ4n) is 3.10. The molecule has 6 heteroatoms. The van der Waals surface area contributed by atoms with Crippen LogP contribution in [0.2, 0.25) is 0 Å². The molecule has 0 aliphatic rings. The number of aryl methyl sites for hydroxylation is 1. The van der Waals surface area contributed by atoms with Crippen LogP contribution in [0.4, 0.5) is 5.69 Å². The number of anilines is 1. The minimum atomic E-state index is -0.688. The molecule has 0 aromatic heterocycles. The van der Waals surface area contributed by atoms with Crippen molar-refractivity contribution in [2.75, 3.05) is 40.3 Å². The van der Waals surface area contributed by atoms with Crippen molar-refractivity contribution in [1.29, 1.82) is 0 Å². The van der Waals surface area contributed by atoms with E-state index in [0.717, 1.165) is 16.8 Å². The van der Waals surface area contributed by atoms with Gasteiger partial charge < -0.3 is 24.3 Å². The van der Waals surface area contributed by atoms with Crippen LogP contribution >= 0.6 is 0 Å². The Morgan fingerprint density at radius 1 is 1.04 bits per heavy atom. The van der Waals surface area contributed by atoms with Gasteiger partial charge in [-0.1, -0.05) is 6.07 Å². The number of methoxy groups -OCH3 is 3. The number of nitrogens with one attached hydrogen (secondary N) is 1. The van der Waals surface area contributed by atoms with Gasteiger partial charge in [-0.15, -0.1) is 0 Å². The Morgan fingerprint density at radius 2 is 1.67 bits per heavy atom. The lowest BCUT2D eigenvalue weighted by molar-refractivity contribution is -0.143. The molecule has 0 heterocycles. The van der Waals surface area contributed by atoms with E-state index in [1.54, 1.807) is 40.4 Å². The molecule has 0 fully saturated rings. The zero-order valence-electron chi connectivity index (χ0n) is 16.7. The molecule has 27 heavy (non-hydrogen) atoms. The molecule has 1 N–H and O–H groups in total. The van der Waals surface area contributed by atoms with Gasteiger partial charge in [-0.05, 0) is 37.1 Å². The summed E-state index contributed by atoms with van der Waals surface area (Å²) in [6.45, 7) is 4.03. The molecule has 2 rings (SSSR count). The topological polar surface area (TPSA) is 66.0 Å². The van der Waals surface area contributed by atoms with Gasteiger partial charge in [-0.3, -0.25) is 4.79 Å². The third-order valence-electron chi connectivity index (χ3n) is 4.43. The summed E-state index contributed by atoms with van der Waals surface area (Å²) in [5, 5.41) is 3.11. The molecule has 0 saturated heterocycles. The van der Waals surface area contributed by atoms with Crippen molar-refractivity contribution in [2.24, 2.45) is 0 Å². The van der Waals surface area contributed by atoms with Crippen molar-refractivity contribution in [1.82, 2.24) is 0 Å². The Bertz CT molecular complexity index is 778. The fraction of sp³-hybridized carbons (Fsp3) is 0.381. The monoisotopic (exact) mass is 373 g/mol. The molecular weight excluding hydrogens is 346 g/mol. The molecule has 0 aliphatic heterocycles. The quantitative estimate of drug-likeness (QED) is 0.711. The van der Waals surface area contributed by atoms with Crippen molar-refractivity contribution < 1.29 is 23.7 Å². The van der Waals surface area contributed by atoms with E-state index in [1.807, 2.05) is 32.2 Å². The van der Waals surface area contributed by atoms with Crippen LogP contribution in [0.25, 0.3) is 0 Å². The van der Waals surface area contributed by atoms with E-state index in [1.165, 1.54) is 0 Å². The van der Waals surface area contributed by atoms with E-state index >= 15 is 0 Å². The van der Waals surface area contributed by atoms with Gasteiger partial charge in [0.25, 0.3) is 0 Å². The van der Waals surface area contributed by atoms with Crippen molar-refractivity contribution >= 4 is 11.7 Å². The van der Waals surface area contributed by atoms with Gasteiger partial charge in [0.05, 0.1) is 33.5 Å². The molecule has 0 aliphatic carbocycles. The maximum atomic E-state index is 13.0. The molecule has 0 spiro atoms. The maximum absolute atomic E-state index is 13.0. The average Bonchev–Trinajstić information content (AvgIpc) is 2.69. The highest BCUT2D eigenvalue weighted by Crippen LogP contribution is 2.43. The molecule has 0 radical (unpaired) electrons. The number of ether oxygens (including phenoxy) is 4. The fourth-order valence-corrected chi connectivity index (χ4v) is 3.10. The van der Waals surface area contributed by atoms with Crippen molar-refractivity contribution in [3.63, 3.8) is 0 Å². The number of carbonyl (C=O) groups is 1. The minimum Gasteiger partial charge on any atom is -0.496 e. The minimum absolute atomic E-state index is 0.282. The highest BCUT2D eigenvalue weighted by Gasteiger charge is 2.32. The third-order valence-corrected chi connectivity index (χ3v) is 4.43. The Morgan fingerprint density at radius 3 is 2.11 bits per heavy atom. The van der Waals surface area contributed by atoms with Gasteiger partial charge in [0, 0.05) is 24.9 Å².